The Morgan fingerprint density at radius 1 is 0.955 bits per heavy atom. The van der Waals surface area contributed by atoms with Crippen molar-refractivity contribution in [1.29, 1.82) is 0 Å². The standard InChI is InChI=1S/C19H15NO2/c1-22-13-7-8-14-12(10-13)6-9-18(21)19(14)16-11-20-17-5-3-2-4-15(16)17/h2-11,20-21H,1H3. The molecular formula is C19H15NO2. The molecule has 0 aliphatic carbocycles. The van der Waals surface area contributed by atoms with Crippen LogP contribution < -0.4 is 4.74 Å². The average molecular weight is 289 g/mol. The van der Waals surface area contributed by atoms with Gasteiger partial charge in [-0.15, -0.1) is 0 Å². The summed E-state index contributed by atoms with van der Waals surface area (Å²) in [5.74, 6) is 1.09. The Morgan fingerprint density at radius 3 is 2.68 bits per heavy atom. The van der Waals surface area contributed by atoms with Crippen molar-refractivity contribution in [3.05, 3.63) is 60.8 Å². The summed E-state index contributed by atoms with van der Waals surface area (Å²) in [6.07, 6.45) is 1.95. The second kappa shape index (κ2) is 4.81. The minimum Gasteiger partial charge on any atom is -0.507 e. The van der Waals surface area contributed by atoms with E-state index in [4.69, 9.17) is 4.74 Å². The van der Waals surface area contributed by atoms with Crippen LogP contribution in [0.25, 0.3) is 32.8 Å². The summed E-state index contributed by atoms with van der Waals surface area (Å²) in [5.41, 5.74) is 2.91. The Kier molecular flexibility index (Phi) is 2.79. The predicted octanol–water partition coefficient (Wildman–Crippen LogP) is 4.70. The van der Waals surface area contributed by atoms with Crippen LogP contribution in [0.5, 0.6) is 11.5 Å². The van der Waals surface area contributed by atoms with E-state index >= 15 is 0 Å². The van der Waals surface area contributed by atoms with Gasteiger partial charge in [0.25, 0.3) is 0 Å². The molecule has 0 saturated carbocycles. The van der Waals surface area contributed by atoms with Crippen LogP contribution in [0.3, 0.4) is 0 Å². The normalized spacial score (nSPS) is 11.1. The van der Waals surface area contributed by atoms with Gasteiger partial charge in [0.1, 0.15) is 11.5 Å². The first-order valence-electron chi connectivity index (χ1n) is 7.14. The molecule has 108 valence electrons. The van der Waals surface area contributed by atoms with Gasteiger partial charge in [-0.25, -0.2) is 0 Å². The topological polar surface area (TPSA) is 45.2 Å². The third-order valence-electron chi connectivity index (χ3n) is 4.06. The van der Waals surface area contributed by atoms with Crippen molar-refractivity contribution >= 4 is 21.7 Å². The molecule has 4 rings (SSSR count). The molecule has 22 heavy (non-hydrogen) atoms. The van der Waals surface area contributed by atoms with Crippen molar-refractivity contribution in [2.75, 3.05) is 7.11 Å². The molecular weight excluding hydrogens is 274 g/mol. The highest BCUT2D eigenvalue weighted by molar-refractivity contribution is 6.07. The van der Waals surface area contributed by atoms with E-state index in [0.717, 1.165) is 38.6 Å². The average Bonchev–Trinajstić information content (AvgIpc) is 2.98. The zero-order valence-corrected chi connectivity index (χ0v) is 12.1. The number of benzene rings is 3. The van der Waals surface area contributed by atoms with Gasteiger partial charge in [-0.3, -0.25) is 0 Å². The number of hydrogen-bond acceptors (Lipinski definition) is 2. The molecule has 4 aromatic rings. The van der Waals surface area contributed by atoms with Gasteiger partial charge in [0.05, 0.1) is 7.11 Å². The van der Waals surface area contributed by atoms with Crippen LogP contribution in [0, 0.1) is 0 Å². The number of hydrogen-bond donors (Lipinski definition) is 2. The Bertz CT molecular complexity index is 985. The van der Waals surface area contributed by atoms with E-state index in [1.165, 1.54) is 0 Å². The summed E-state index contributed by atoms with van der Waals surface area (Å²) >= 11 is 0. The number of ether oxygens (including phenoxy) is 1. The number of aromatic amines is 1. The van der Waals surface area contributed by atoms with Gasteiger partial charge in [0, 0.05) is 28.2 Å². The number of aromatic hydroxyl groups is 1. The summed E-state index contributed by atoms with van der Waals surface area (Å²) in [5, 5.41) is 13.6. The fraction of sp³-hybridized carbons (Fsp3) is 0.0526. The number of phenols is 1. The van der Waals surface area contributed by atoms with Crippen molar-refractivity contribution in [2.45, 2.75) is 0 Å². The Balaban J connectivity index is 2.07. The van der Waals surface area contributed by atoms with Crippen molar-refractivity contribution in [1.82, 2.24) is 4.98 Å². The van der Waals surface area contributed by atoms with Crippen LogP contribution in [0.4, 0.5) is 0 Å². The van der Waals surface area contributed by atoms with Gasteiger partial charge in [-0.1, -0.05) is 24.3 Å². The SMILES string of the molecule is COc1ccc2c(-c3c[nH]c4ccccc34)c(O)ccc2c1. The second-order valence-corrected chi connectivity index (χ2v) is 5.29. The molecule has 3 nitrogen and oxygen atoms in total. The number of phenolic OH excluding ortho intramolecular Hbond substituents is 1. The van der Waals surface area contributed by atoms with E-state index in [2.05, 4.69) is 11.1 Å². The fourth-order valence-corrected chi connectivity index (χ4v) is 2.98. The highest BCUT2D eigenvalue weighted by Crippen LogP contribution is 2.40. The van der Waals surface area contributed by atoms with Crippen LogP contribution >= 0.6 is 0 Å². The first-order valence-corrected chi connectivity index (χ1v) is 7.14. The number of nitrogens with one attached hydrogen (secondary N) is 1. The lowest BCUT2D eigenvalue weighted by Crippen LogP contribution is -1.85. The number of aromatic nitrogens is 1. The van der Waals surface area contributed by atoms with Crippen molar-refractivity contribution in [3.63, 3.8) is 0 Å². The van der Waals surface area contributed by atoms with Gasteiger partial charge in [0.15, 0.2) is 0 Å². The first-order chi connectivity index (χ1) is 10.8. The molecule has 0 radical (unpaired) electrons. The maximum atomic E-state index is 10.4. The minimum absolute atomic E-state index is 0.280. The Hall–Kier alpha value is -2.94. The lowest BCUT2D eigenvalue weighted by Gasteiger charge is -2.10. The van der Waals surface area contributed by atoms with Gasteiger partial charge >= 0.3 is 0 Å². The number of fused-ring (bicyclic) bond motifs is 2. The fourth-order valence-electron chi connectivity index (χ4n) is 2.98. The van der Waals surface area contributed by atoms with Crippen LogP contribution in [0.2, 0.25) is 0 Å². The van der Waals surface area contributed by atoms with Gasteiger partial charge < -0.3 is 14.8 Å². The maximum absolute atomic E-state index is 10.4. The van der Waals surface area contributed by atoms with Crippen LogP contribution in [0.1, 0.15) is 0 Å². The number of rotatable bonds is 2. The van der Waals surface area contributed by atoms with E-state index in [9.17, 15) is 5.11 Å². The third-order valence-corrected chi connectivity index (χ3v) is 4.06. The Morgan fingerprint density at radius 2 is 1.82 bits per heavy atom. The molecule has 0 bridgehead atoms. The molecule has 0 amide bonds. The molecule has 0 unspecified atom stereocenters. The summed E-state index contributed by atoms with van der Waals surface area (Å²) in [4.78, 5) is 3.27. The van der Waals surface area contributed by atoms with E-state index in [1.807, 2.05) is 48.7 Å². The largest absolute Gasteiger partial charge is 0.507 e. The molecule has 3 aromatic carbocycles. The second-order valence-electron chi connectivity index (χ2n) is 5.29. The van der Waals surface area contributed by atoms with Crippen molar-refractivity contribution in [3.8, 4) is 22.6 Å². The molecule has 2 N–H and O–H groups in total. The smallest absolute Gasteiger partial charge is 0.124 e. The minimum atomic E-state index is 0.280. The van der Waals surface area contributed by atoms with Crippen LogP contribution in [0.15, 0.2) is 60.8 Å². The van der Waals surface area contributed by atoms with Crippen molar-refractivity contribution in [2.24, 2.45) is 0 Å². The molecule has 0 aliphatic rings. The molecule has 0 spiro atoms. The molecule has 0 saturated heterocycles. The predicted molar refractivity (Wildman–Crippen MR) is 89.5 cm³/mol. The number of H-pyrrole nitrogens is 1. The molecule has 1 aromatic heterocycles. The molecule has 3 heteroatoms. The highest BCUT2D eigenvalue weighted by Gasteiger charge is 2.14. The molecule has 0 fully saturated rings. The Labute approximate surface area is 127 Å². The van der Waals surface area contributed by atoms with E-state index in [-0.39, 0.29) is 5.75 Å². The zero-order chi connectivity index (χ0) is 15.1. The molecule has 0 aliphatic heterocycles. The quantitative estimate of drug-likeness (QED) is 0.561. The summed E-state index contributed by atoms with van der Waals surface area (Å²) in [7, 11) is 1.65. The van der Waals surface area contributed by atoms with Gasteiger partial charge in [-0.05, 0) is 41.1 Å². The number of para-hydroxylation sites is 1. The highest BCUT2D eigenvalue weighted by atomic mass is 16.5. The monoisotopic (exact) mass is 289 g/mol. The van der Waals surface area contributed by atoms with Crippen LogP contribution in [-0.2, 0) is 0 Å². The first kappa shape index (κ1) is 12.8. The van der Waals surface area contributed by atoms with E-state index < -0.39 is 0 Å². The maximum Gasteiger partial charge on any atom is 0.124 e. The number of methoxy groups -OCH3 is 1. The third kappa shape index (κ3) is 1.83. The summed E-state index contributed by atoms with van der Waals surface area (Å²) in [6.45, 7) is 0. The summed E-state index contributed by atoms with van der Waals surface area (Å²) < 4.78 is 5.28. The zero-order valence-electron chi connectivity index (χ0n) is 12.1. The van der Waals surface area contributed by atoms with E-state index in [0.29, 0.717) is 0 Å². The van der Waals surface area contributed by atoms with Crippen molar-refractivity contribution < 1.29 is 9.84 Å². The lowest BCUT2D eigenvalue weighted by molar-refractivity contribution is 0.415. The summed E-state index contributed by atoms with van der Waals surface area (Å²) in [6, 6.07) is 17.6. The van der Waals surface area contributed by atoms with Crippen LogP contribution in [-0.4, -0.2) is 17.2 Å². The molecule has 0 atom stereocenters. The van der Waals surface area contributed by atoms with E-state index in [1.54, 1.807) is 13.2 Å². The van der Waals surface area contributed by atoms with Gasteiger partial charge in [0.2, 0.25) is 0 Å². The van der Waals surface area contributed by atoms with Gasteiger partial charge in [-0.2, -0.15) is 0 Å². The lowest BCUT2D eigenvalue weighted by atomic mass is 9.96. The molecule has 1 heterocycles.